The van der Waals surface area contributed by atoms with Gasteiger partial charge >= 0.3 is 0 Å². The highest BCUT2D eigenvalue weighted by Crippen LogP contribution is 2.47. The summed E-state index contributed by atoms with van der Waals surface area (Å²) in [5.74, 6) is 0. The second-order valence-corrected chi connectivity index (χ2v) is 20.6. The molecular formula is C57H53N5S. The number of rotatable bonds is 3. The van der Waals surface area contributed by atoms with E-state index in [1.165, 1.54) is 16.7 Å². The molecule has 3 aliphatic rings. The molecule has 63 heavy (non-hydrogen) atoms. The quantitative estimate of drug-likeness (QED) is 0.155. The summed E-state index contributed by atoms with van der Waals surface area (Å²) < 4.78 is 0. The molecule has 1 aliphatic carbocycles. The van der Waals surface area contributed by atoms with Crippen molar-refractivity contribution in [3.63, 3.8) is 0 Å². The minimum Gasteiger partial charge on any atom is -0.396 e. The molecule has 0 fully saturated rings. The Hall–Kier alpha value is -6.63. The van der Waals surface area contributed by atoms with E-state index in [4.69, 9.17) is 27.9 Å². The molecule has 0 spiro atoms. The first-order chi connectivity index (χ1) is 30.0. The van der Waals surface area contributed by atoms with Gasteiger partial charge in [0.25, 0.3) is 0 Å². The summed E-state index contributed by atoms with van der Waals surface area (Å²) in [7, 11) is 0. The van der Waals surface area contributed by atoms with Crippen molar-refractivity contribution in [2.24, 2.45) is 5.73 Å². The zero-order valence-corrected chi connectivity index (χ0v) is 38.4. The third kappa shape index (κ3) is 6.88. The fourth-order valence-electron chi connectivity index (χ4n) is 9.24. The summed E-state index contributed by atoms with van der Waals surface area (Å²) in [5.41, 5.74) is 28.5. The Morgan fingerprint density at radius 2 is 0.810 bits per heavy atom. The van der Waals surface area contributed by atoms with Gasteiger partial charge in [0.15, 0.2) is 0 Å². The highest BCUT2D eigenvalue weighted by Gasteiger charge is 2.34. The molecule has 0 saturated heterocycles. The number of fused-ring (bicyclic) bond motifs is 10. The molecule has 5 heterocycles. The average Bonchev–Trinajstić information content (AvgIpc) is 4.08. The largest absolute Gasteiger partial charge is 0.396 e. The van der Waals surface area contributed by atoms with Gasteiger partial charge in [0.05, 0.1) is 33.3 Å². The molecule has 4 aromatic carbocycles. The van der Waals surface area contributed by atoms with Gasteiger partial charge in [0, 0.05) is 55.5 Å². The third-order valence-corrected chi connectivity index (χ3v) is 13.3. The number of aromatic amines is 2. The molecule has 3 aromatic heterocycles. The van der Waals surface area contributed by atoms with E-state index in [0.717, 1.165) is 94.8 Å². The van der Waals surface area contributed by atoms with Crippen LogP contribution in [0.5, 0.6) is 0 Å². The lowest BCUT2D eigenvalue weighted by Gasteiger charge is -2.20. The number of allylic oxidation sites excluding steroid dienone is 1. The number of H-pyrrole nitrogens is 2. The van der Waals surface area contributed by atoms with Crippen molar-refractivity contribution in [2.75, 3.05) is 0 Å². The maximum Gasteiger partial charge on any atom is 0.0973 e. The maximum atomic E-state index is 7.40. The van der Waals surface area contributed by atoms with Crippen LogP contribution in [-0.4, -0.2) is 24.8 Å². The number of hydrogen-bond acceptors (Lipinski definition) is 4. The Morgan fingerprint density at radius 1 is 0.429 bits per heavy atom. The van der Waals surface area contributed by atoms with Crippen LogP contribution < -0.4 is 5.73 Å². The number of nitrogens with zero attached hydrogens (tertiary/aromatic N) is 2. The molecule has 10 rings (SSSR count). The van der Waals surface area contributed by atoms with Gasteiger partial charge in [-0.3, -0.25) is 0 Å². The molecule has 0 atom stereocenters. The molecule has 0 amide bonds. The van der Waals surface area contributed by atoms with Crippen LogP contribution in [0.25, 0.3) is 90.0 Å². The molecule has 0 saturated carbocycles. The van der Waals surface area contributed by atoms with Gasteiger partial charge in [-0.1, -0.05) is 172 Å². The monoisotopic (exact) mass is 839 g/mol. The molecular weight excluding hydrogens is 787 g/mol. The molecule has 6 heteroatoms. The lowest BCUT2D eigenvalue weighted by molar-refractivity contribution is 0.590. The van der Waals surface area contributed by atoms with E-state index in [-0.39, 0.29) is 16.2 Å². The number of nitrogens with two attached hydrogens (primary N) is 1. The highest BCUT2D eigenvalue weighted by molar-refractivity contribution is 7.82. The summed E-state index contributed by atoms with van der Waals surface area (Å²) in [6, 6.07) is 43.7. The predicted octanol–water partition coefficient (Wildman–Crippen LogP) is 14.6. The van der Waals surface area contributed by atoms with E-state index < -0.39 is 0 Å². The van der Waals surface area contributed by atoms with E-state index in [9.17, 15) is 0 Å². The fraction of sp³-hybridized carbons (Fsp3) is 0.211. The molecule has 312 valence electrons. The normalized spacial score (nSPS) is 13.8. The molecule has 2 aliphatic heterocycles. The van der Waals surface area contributed by atoms with Gasteiger partial charge < -0.3 is 15.7 Å². The first-order valence-electron chi connectivity index (χ1n) is 21.9. The SMILES string of the molecule is CC(C)(C)c1ccc(-c2c3nc(c(-c4ccc(C(C)(C)C)cc4)c4ccc([nH]4)c4c5nc(c(-c6ccc(C(C)(C)C)cc6)c6ccc2[nH]6)C(N)=C5C(=S)c2ccccc2-4)C=C3)cc1. The van der Waals surface area contributed by atoms with Gasteiger partial charge in [-0.15, -0.1) is 0 Å². The van der Waals surface area contributed by atoms with Gasteiger partial charge in [-0.25, -0.2) is 9.97 Å². The fourth-order valence-corrected chi connectivity index (χ4v) is 9.62. The van der Waals surface area contributed by atoms with Gasteiger partial charge in [0.2, 0.25) is 0 Å². The highest BCUT2D eigenvalue weighted by atomic mass is 32.1. The van der Waals surface area contributed by atoms with Crippen molar-refractivity contribution >= 4 is 62.6 Å². The predicted molar refractivity (Wildman–Crippen MR) is 270 cm³/mol. The van der Waals surface area contributed by atoms with Crippen molar-refractivity contribution in [2.45, 2.75) is 78.6 Å². The smallest absolute Gasteiger partial charge is 0.0973 e. The summed E-state index contributed by atoms with van der Waals surface area (Å²) >= 11 is 6.34. The number of hydrogen-bond donors (Lipinski definition) is 3. The number of nitrogens with one attached hydrogen (secondary N) is 2. The first-order valence-corrected chi connectivity index (χ1v) is 22.3. The molecule has 0 unspecified atom stereocenters. The number of benzene rings is 4. The summed E-state index contributed by atoms with van der Waals surface area (Å²) in [4.78, 5) is 19.6. The molecule has 7 aromatic rings. The topological polar surface area (TPSA) is 83.4 Å². The average molecular weight is 840 g/mol. The van der Waals surface area contributed by atoms with Crippen LogP contribution >= 0.6 is 12.2 Å². The van der Waals surface area contributed by atoms with Crippen LogP contribution in [0.2, 0.25) is 0 Å². The van der Waals surface area contributed by atoms with Crippen LogP contribution in [0, 0.1) is 0 Å². The lowest BCUT2D eigenvalue weighted by Crippen LogP contribution is -2.12. The van der Waals surface area contributed by atoms with Gasteiger partial charge in [0.1, 0.15) is 0 Å². The van der Waals surface area contributed by atoms with Crippen molar-refractivity contribution in [3.8, 4) is 44.5 Å². The second kappa shape index (κ2) is 14.5. The Labute approximate surface area is 375 Å². The molecule has 5 nitrogen and oxygen atoms in total. The molecule has 0 radical (unpaired) electrons. The molecule has 4 N–H and O–H groups in total. The standard InChI is InChI=1S/C57H53N5S/c1-55(2,3)35-20-14-32(15-21-35)46-40-26-27-41(59-40)47(33-16-22-36(23-17-33)56(4,5)6)43-29-31-45(61-43)49-38-12-10-11-13-39(38)54(63)50-51(58)53(62-52(49)50)48(44-30-28-42(46)60-44)34-18-24-37(25-19-34)57(7,8)9/h10-31,60-61H,58H2,1-9H3. The van der Waals surface area contributed by atoms with E-state index in [1.807, 2.05) is 6.07 Å². The Kier molecular flexibility index (Phi) is 9.29. The van der Waals surface area contributed by atoms with Crippen LogP contribution in [-0.2, 0) is 16.2 Å². The Bertz CT molecular complexity index is 3260. The van der Waals surface area contributed by atoms with Crippen LogP contribution in [0.1, 0.15) is 107 Å². The van der Waals surface area contributed by atoms with Crippen LogP contribution in [0.4, 0.5) is 0 Å². The maximum absolute atomic E-state index is 7.40. The van der Waals surface area contributed by atoms with Gasteiger partial charge in [-0.05, 0) is 91.6 Å². The van der Waals surface area contributed by atoms with Crippen molar-refractivity contribution in [3.05, 3.63) is 166 Å². The van der Waals surface area contributed by atoms with E-state index in [2.05, 4.69) is 200 Å². The Morgan fingerprint density at radius 3 is 1.24 bits per heavy atom. The van der Waals surface area contributed by atoms with Crippen molar-refractivity contribution < 1.29 is 0 Å². The van der Waals surface area contributed by atoms with Crippen LogP contribution in [0.15, 0.2) is 121 Å². The van der Waals surface area contributed by atoms with E-state index in [0.29, 0.717) is 16.3 Å². The van der Waals surface area contributed by atoms with E-state index in [1.54, 1.807) is 0 Å². The summed E-state index contributed by atoms with van der Waals surface area (Å²) in [6.07, 6.45) is 4.32. The van der Waals surface area contributed by atoms with E-state index >= 15 is 0 Å². The summed E-state index contributed by atoms with van der Waals surface area (Å²) in [5, 5.41) is 0. The van der Waals surface area contributed by atoms with Crippen molar-refractivity contribution in [1.29, 1.82) is 0 Å². The second-order valence-electron chi connectivity index (χ2n) is 20.2. The zero-order valence-electron chi connectivity index (χ0n) is 37.6. The first kappa shape index (κ1) is 40.4. The molecule has 8 bridgehead atoms. The Balaban J connectivity index is 1.38. The van der Waals surface area contributed by atoms with Gasteiger partial charge in [-0.2, -0.15) is 0 Å². The number of thiocarbonyl (C=S) groups is 1. The minimum absolute atomic E-state index is 0.00924. The number of aromatic nitrogens is 4. The minimum atomic E-state index is -0.0123. The van der Waals surface area contributed by atoms with Crippen molar-refractivity contribution in [1.82, 2.24) is 19.9 Å². The lowest BCUT2D eigenvalue weighted by atomic mass is 9.84. The zero-order chi connectivity index (χ0) is 44.2. The summed E-state index contributed by atoms with van der Waals surface area (Å²) in [6.45, 7) is 20.2. The third-order valence-electron chi connectivity index (χ3n) is 12.8. The van der Waals surface area contributed by atoms with Crippen LogP contribution in [0.3, 0.4) is 0 Å².